The van der Waals surface area contributed by atoms with Gasteiger partial charge in [0.1, 0.15) is 4.88 Å². The first kappa shape index (κ1) is 17.1. The average molecular weight is 385 g/mol. The molecule has 1 aliphatic rings. The van der Waals surface area contributed by atoms with Crippen molar-refractivity contribution in [1.82, 2.24) is 4.90 Å². The van der Waals surface area contributed by atoms with Gasteiger partial charge >= 0.3 is 0 Å². The van der Waals surface area contributed by atoms with Crippen LogP contribution in [0.3, 0.4) is 0 Å². The Morgan fingerprint density at radius 3 is 2.58 bits per heavy atom. The summed E-state index contributed by atoms with van der Waals surface area (Å²) in [5.74, 6) is -0.250. The molecule has 1 N–H and O–H groups in total. The van der Waals surface area contributed by atoms with E-state index in [-0.39, 0.29) is 11.8 Å². The van der Waals surface area contributed by atoms with Gasteiger partial charge in [-0.1, -0.05) is 35.9 Å². The molecular formula is C20H17ClN2O2S. The van der Waals surface area contributed by atoms with Crippen molar-refractivity contribution >= 4 is 50.5 Å². The highest BCUT2D eigenvalue weighted by Crippen LogP contribution is 2.35. The van der Waals surface area contributed by atoms with Crippen molar-refractivity contribution in [2.45, 2.75) is 12.8 Å². The maximum Gasteiger partial charge on any atom is 0.267 e. The number of carbonyl (C=O) groups is 2. The van der Waals surface area contributed by atoms with Gasteiger partial charge in [0.15, 0.2) is 0 Å². The molecule has 1 fully saturated rings. The molecule has 0 unspecified atom stereocenters. The Labute approximate surface area is 160 Å². The van der Waals surface area contributed by atoms with E-state index in [9.17, 15) is 9.59 Å². The third kappa shape index (κ3) is 3.20. The minimum atomic E-state index is -0.262. The molecule has 132 valence electrons. The summed E-state index contributed by atoms with van der Waals surface area (Å²) >= 11 is 7.74. The van der Waals surface area contributed by atoms with Crippen molar-refractivity contribution < 1.29 is 9.59 Å². The summed E-state index contributed by atoms with van der Waals surface area (Å²) in [6.45, 7) is 1.60. The van der Waals surface area contributed by atoms with Crippen LogP contribution in [-0.4, -0.2) is 29.8 Å². The molecule has 6 heteroatoms. The smallest absolute Gasteiger partial charge is 0.267 e. The fourth-order valence-corrected chi connectivity index (χ4v) is 4.59. The number of rotatable bonds is 3. The third-order valence-corrected chi connectivity index (χ3v) is 6.18. The van der Waals surface area contributed by atoms with E-state index in [1.54, 1.807) is 24.3 Å². The zero-order valence-corrected chi connectivity index (χ0v) is 15.6. The van der Waals surface area contributed by atoms with E-state index in [1.807, 2.05) is 29.2 Å². The summed E-state index contributed by atoms with van der Waals surface area (Å²) in [6.07, 6.45) is 2.10. The van der Waals surface area contributed by atoms with Gasteiger partial charge in [-0.05, 0) is 37.1 Å². The number of hydrogen-bond acceptors (Lipinski definition) is 3. The van der Waals surface area contributed by atoms with E-state index in [1.165, 1.54) is 11.3 Å². The first-order chi connectivity index (χ1) is 12.6. The third-order valence-electron chi connectivity index (χ3n) is 4.50. The van der Waals surface area contributed by atoms with E-state index in [0.717, 1.165) is 36.0 Å². The fourth-order valence-electron chi connectivity index (χ4n) is 3.18. The van der Waals surface area contributed by atoms with Crippen molar-refractivity contribution in [3.8, 4) is 0 Å². The molecule has 26 heavy (non-hydrogen) atoms. The van der Waals surface area contributed by atoms with Gasteiger partial charge < -0.3 is 10.2 Å². The normalized spacial score (nSPS) is 14.0. The molecule has 1 saturated heterocycles. The van der Waals surface area contributed by atoms with Crippen LogP contribution >= 0.6 is 22.9 Å². The molecule has 3 aromatic rings. The molecule has 1 aromatic heterocycles. The van der Waals surface area contributed by atoms with E-state index in [2.05, 4.69) is 5.32 Å². The number of carbonyl (C=O) groups excluding carboxylic acids is 2. The Kier molecular flexibility index (Phi) is 4.66. The Morgan fingerprint density at radius 2 is 1.81 bits per heavy atom. The lowest BCUT2D eigenvalue weighted by atomic mass is 10.1. The number of amides is 2. The maximum atomic E-state index is 12.7. The predicted molar refractivity (Wildman–Crippen MR) is 106 cm³/mol. The number of nitrogens with one attached hydrogen (secondary N) is 1. The molecule has 2 amide bonds. The van der Waals surface area contributed by atoms with Crippen LogP contribution in [0.1, 0.15) is 32.9 Å². The number of hydrogen-bond donors (Lipinski definition) is 1. The number of fused-ring (bicyclic) bond motifs is 1. The van der Waals surface area contributed by atoms with Crippen molar-refractivity contribution in [3.63, 3.8) is 0 Å². The Hall–Kier alpha value is -2.37. The van der Waals surface area contributed by atoms with Gasteiger partial charge in [0.25, 0.3) is 11.8 Å². The molecule has 4 nitrogen and oxygen atoms in total. The number of thiophene rings is 1. The molecule has 0 bridgehead atoms. The largest absolute Gasteiger partial charge is 0.339 e. The molecule has 0 aliphatic carbocycles. The summed E-state index contributed by atoms with van der Waals surface area (Å²) < 4.78 is 0.973. The van der Waals surface area contributed by atoms with Crippen molar-refractivity contribution in [2.75, 3.05) is 18.4 Å². The van der Waals surface area contributed by atoms with Crippen LogP contribution in [0.4, 0.5) is 5.69 Å². The van der Waals surface area contributed by atoms with Crippen LogP contribution in [0, 0.1) is 0 Å². The first-order valence-electron chi connectivity index (χ1n) is 8.51. The molecule has 1 aliphatic heterocycles. The molecule has 0 atom stereocenters. The highest BCUT2D eigenvalue weighted by molar-refractivity contribution is 7.21. The summed E-state index contributed by atoms with van der Waals surface area (Å²) in [6, 6.07) is 14.7. The molecule has 2 aromatic carbocycles. The Morgan fingerprint density at radius 1 is 1.04 bits per heavy atom. The molecule has 0 saturated carbocycles. The van der Waals surface area contributed by atoms with E-state index >= 15 is 0 Å². The second-order valence-electron chi connectivity index (χ2n) is 6.28. The van der Waals surface area contributed by atoms with Crippen LogP contribution in [-0.2, 0) is 0 Å². The summed E-state index contributed by atoms with van der Waals surface area (Å²) in [4.78, 5) is 27.5. The Balaban J connectivity index is 1.56. The standard InChI is InChI=1S/C20H17ClN2O2S/c21-17-15-8-1-2-9-16(15)26-18(17)19(24)22-14-7-5-6-13(12-14)20(25)23-10-3-4-11-23/h1-2,5-9,12H,3-4,10-11H2,(H,22,24). The van der Waals surface area contributed by atoms with Gasteiger partial charge in [0.05, 0.1) is 5.02 Å². The lowest BCUT2D eigenvalue weighted by Crippen LogP contribution is -2.27. The molecule has 4 rings (SSSR count). The van der Waals surface area contributed by atoms with Gasteiger partial charge in [-0.2, -0.15) is 0 Å². The fraction of sp³-hybridized carbons (Fsp3) is 0.200. The van der Waals surface area contributed by atoms with Crippen molar-refractivity contribution in [2.24, 2.45) is 0 Å². The van der Waals surface area contributed by atoms with Crippen LogP contribution < -0.4 is 5.32 Å². The number of likely N-dealkylation sites (tertiary alicyclic amines) is 1. The molecule has 0 radical (unpaired) electrons. The highest BCUT2D eigenvalue weighted by Gasteiger charge is 2.21. The second-order valence-corrected chi connectivity index (χ2v) is 7.71. The van der Waals surface area contributed by atoms with Gasteiger partial charge in [0, 0.05) is 34.4 Å². The average Bonchev–Trinajstić information content (AvgIpc) is 3.30. The quantitative estimate of drug-likeness (QED) is 0.687. The number of benzene rings is 2. The first-order valence-corrected chi connectivity index (χ1v) is 9.70. The van der Waals surface area contributed by atoms with Crippen molar-refractivity contribution in [1.29, 1.82) is 0 Å². The highest BCUT2D eigenvalue weighted by atomic mass is 35.5. The predicted octanol–water partition coefficient (Wildman–Crippen LogP) is 5.04. The minimum Gasteiger partial charge on any atom is -0.339 e. The zero-order chi connectivity index (χ0) is 18.1. The zero-order valence-electron chi connectivity index (χ0n) is 14.0. The van der Waals surface area contributed by atoms with E-state index < -0.39 is 0 Å². The van der Waals surface area contributed by atoms with Crippen LogP contribution in [0.25, 0.3) is 10.1 Å². The van der Waals surface area contributed by atoms with Gasteiger partial charge in [-0.15, -0.1) is 11.3 Å². The van der Waals surface area contributed by atoms with E-state index in [4.69, 9.17) is 11.6 Å². The summed E-state index contributed by atoms with van der Waals surface area (Å²) in [5, 5.41) is 4.20. The summed E-state index contributed by atoms with van der Waals surface area (Å²) in [7, 11) is 0. The van der Waals surface area contributed by atoms with Gasteiger partial charge in [-0.25, -0.2) is 0 Å². The lowest BCUT2D eigenvalue weighted by Gasteiger charge is -2.15. The Bertz CT molecular complexity index is 992. The number of halogens is 1. The number of anilines is 1. The second kappa shape index (κ2) is 7.09. The van der Waals surface area contributed by atoms with Crippen LogP contribution in [0.2, 0.25) is 5.02 Å². The molecule has 2 heterocycles. The maximum absolute atomic E-state index is 12.7. The van der Waals surface area contributed by atoms with Crippen molar-refractivity contribution in [3.05, 3.63) is 64.0 Å². The topological polar surface area (TPSA) is 49.4 Å². The molecular weight excluding hydrogens is 368 g/mol. The van der Waals surface area contributed by atoms with E-state index in [0.29, 0.717) is 21.2 Å². The van der Waals surface area contributed by atoms with Crippen LogP contribution in [0.5, 0.6) is 0 Å². The molecule has 0 spiro atoms. The summed E-state index contributed by atoms with van der Waals surface area (Å²) in [5.41, 5.74) is 1.18. The van der Waals surface area contributed by atoms with Gasteiger partial charge in [-0.3, -0.25) is 9.59 Å². The SMILES string of the molecule is O=C(Nc1cccc(C(=O)N2CCCC2)c1)c1sc2ccccc2c1Cl. The number of nitrogens with zero attached hydrogens (tertiary/aromatic N) is 1. The minimum absolute atomic E-state index is 0.0125. The monoisotopic (exact) mass is 384 g/mol. The lowest BCUT2D eigenvalue weighted by molar-refractivity contribution is 0.0792. The van der Waals surface area contributed by atoms with Gasteiger partial charge in [0.2, 0.25) is 0 Å². The van der Waals surface area contributed by atoms with Crippen LogP contribution in [0.15, 0.2) is 48.5 Å².